The van der Waals surface area contributed by atoms with Gasteiger partial charge in [-0.15, -0.1) is 0 Å². The van der Waals surface area contributed by atoms with Gasteiger partial charge in [0.2, 0.25) is 16.1 Å². The van der Waals surface area contributed by atoms with Gasteiger partial charge in [0.05, 0.1) is 29.4 Å². The number of hydrogen-bond acceptors (Lipinski definition) is 6. The fourth-order valence-electron chi connectivity index (χ4n) is 2.69. The van der Waals surface area contributed by atoms with Gasteiger partial charge in [-0.2, -0.15) is 0 Å². The average Bonchev–Trinajstić information content (AvgIpc) is 3.14. The molecule has 144 valence electrons. The summed E-state index contributed by atoms with van der Waals surface area (Å²) >= 11 is 0. The Labute approximate surface area is 159 Å². The summed E-state index contributed by atoms with van der Waals surface area (Å²) in [5.41, 5.74) is 0.693. The molecule has 1 atom stereocenters. The summed E-state index contributed by atoms with van der Waals surface area (Å²) in [7, 11) is -2.11. The zero-order valence-corrected chi connectivity index (χ0v) is 15.9. The molecule has 27 heavy (non-hydrogen) atoms. The van der Waals surface area contributed by atoms with E-state index >= 15 is 0 Å². The molecule has 0 spiro atoms. The van der Waals surface area contributed by atoms with E-state index in [2.05, 4.69) is 0 Å². The van der Waals surface area contributed by atoms with E-state index in [9.17, 15) is 8.42 Å². The Morgan fingerprint density at radius 2 is 1.67 bits per heavy atom. The van der Waals surface area contributed by atoms with Crippen LogP contribution in [0.15, 0.2) is 70.5 Å². The molecule has 0 amide bonds. The lowest BCUT2D eigenvalue weighted by molar-refractivity contribution is -0.162. The third-order valence-corrected chi connectivity index (χ3v) is 5.93. The first-order valence-electron chi connectivity index (χ1n) is 8.56. The zero-order chi connectivity index (χ0) is 19.1. The van der Waals surface area contributed by atoms with E-state index in [4.69, 9.17) is 18.9 Å². The maximum absolute atomic E-state index is 13.1. The normalized spacial score (nSPS) is 17.1. The Kier molecular flexibility index (Phi) is 6.63. The highest BCUT2D eigenvalue weighted by Crippen LogP contribution is 2.38. The predicted octanol–water partition coefficient (Wildman–Crippen LogP) is 3.21. The van der Waals surface area contributed by atoms with Gasteiger partial charge in [-0.25, -0.2) is 8.42 Å². The smallest absolute Gasteiger partial charge is 0.207 e. The summed E-state index contributed by atoms with van der Waals surface area (Å²) in [6.07, 6.45) is -0.606. The van der Waals surface area contributed by atoms with E-state index in [1.54, 1.807) is 37.4 Å². The van der Waals surface area contributed by atoms with E-state index in [0.717, 1.165) is 0 Å². The van der Waals surface area contributed by atoms with E-state index < -0.39 is 16.1 Å². The van der Waals surface area contributed by atoms with Gasteiger partial charge >= 0.3 is 0 Å². The number of hydrogen-bond donors (Lipinski definition) is 0. The highest BCUT2D eigenvalue weighted by Gasteiger charge is 2.36. The molecular formula is C20H22O6S. The van der Waals surface area contributed by atoms with Crippen molar-refractivity contribution in [3.8, 4) is 0 Å². The van der Waals surface area contributed by atoms with Crippen LogP contribution in [0.4, 0.5) is 0 Å². The first-order chi connectivity index (χ1) is 13.1. The van der Waals surface area contributed by atoms with E-state index in [1.807, 2.05) is 30.3 Å². The minimum atomic E-state index is -3.69. The molecule has 1 aliphatic rings. The van der Waals surface area contributed by atoms with E-state index in [1.165, 1.54) is 0 Å². The zero-order valence-electron chi connectivity index (χ0n) is 15.0. The SMILES string of the molecule is COCCOCOC1CC(S(=O)(=O)c2ccccc2)=C(c2ccccc2)O1. The molecule has 6 nitrogen and oxygen atoms in total. The maximum Gasteiger partial charge on any atom is 0.207 e. The van der Waals surface area contributed by atoms with Gasteiger partial charge in [-0.3, -0.25) is 0 Å². The molecule has 0 fully saturated rings. The first kappa shape index (κ1) is 19.6. The predicted molar refractivity (Wildman–Crippen MR) is 100 cm³/mol. The topological polar surface area (TPSA) is 71.1 Å². The highest BCUT2D eigenvalue weighted by molar-refractivity contribution is 7.95. The Morgan fingerprint density at radius 1 is 1.00 bits per heavy atom. The van der Waals surface area contributed by atoms with E-state index in [-0.39, 0.29) is 23.0 Å². The number of methoxy groups -OCH3 is 1. The van der Waals surface area contributed by atoms with Crippen molar-refractivity contribution >= 4 is 15.6 Å². The lowest BCUT2D eigenvalue weighted by atomic mass is 10.2. The van der Waals surface area contributed by atoms with Crippen molar-refractivity contribution in [2.75, 3.05) is 27.1 Å². The molecule has 0 saturated heterocycles. The van der Waals surface area contributed by atoms with Crippen LogP contribution in [0.5, 0.6) is 0 Å². The lowest BCUT2D eigenvalue weighted by Crippen LogP contribution is -2.16. The minimum Gasteiger partial charge on any atom is -0.463 e. The van der Waals surface area contributed by atoms with Crippen LogP contribution in [0.3, 0.4) is 0 Å². The van der Waals surface area contributed by atoms with Crippen LogP contribution in [0.1, 0.15) is 12.0 Å². The second-order valence-electron chi connectivity index (χ2n) is 5.87. The summed E-state index contributed by atoms with van der Waals surface area (Å²) < 4.78 is 47.9. The van der Waals surface area contributed by atoms with Gasteiger partial charge < -0.3 is 18.9 Å². The van der Waals surface area contributed by atoms with Crippen molar-refractivity contribution in [3.63, 3.8) is 0 Å². The molecule has 0 bridgehead atoms. The Balaban J connectivity index is 1.83. The van der Waals surface area contributed by atoms with Gasteiger partial charge in [0.25, 0.3) is 0 Å². The van der Waals surface area contributed by atoms with Gasteiger partial charge in [-0.05, 0) is 12.1 Å². The van der Waals surface area contributed by atoms with Crippen LogP contribution in [-0.2, 0) is 28.8 Å². The average molecular weight is 390 g/mol. The molecule has 3 rings (SSSR count). The third-order valence-electron chi connectivity index (χ3n) is 4.04. The summed E-state index contributed by atoms with van der Waals surface area (Å²) in [5, 5.41) is 0. The molecule has 2 aromatic carbocycles. The van der Waals surface area contributed by atoms with Crippen molar-refractivity contribution in [2.45, 2.75) is 17.6 Å². The fraction of sp³-hybridized carbons (Fsp3) is 0.300. The van der Waals surface area contributed by atoms with Crippen LogP contribution in [-0.4, -0.2) is 41.8 Å². The molecule has 0 aliphatic carbocycles. The van der Waals surface area contributed by atoms with Crippen LogP contribution in [0.25, 0.3) is 5.76 Å². The van der Waals surface area contributed by atoms with Crippen molar-refractivity contribution in [1.82, 2.24) is 0 Å². The quantitative estimate of drug-likeness (QED) is 0.484. The molecule has 0 aromatic heterocycles. The lowest BCUT2D eigenvalue weighted by Gasteiger charge is -2.14. The van der Waals surface area contributed by atoms with Crippen molar-refractivity contribution in [3.05, 3.63) is 71.1 Å². The maximum atomic E-state index is 13.1. The number of ether oxygens (including phenoxy) is 4. The summed E-state index contributed by atoms with van der Waals surface area (Å²) in [6, 6.07) is 17.5. The monoisotopic (exact) mass is 390 g/mol. The third kappa shape index (κ3) is 4.75. The Morgan fingerprint density at radius 3 is 2.33 bits per heavy atom. The fourth-order valence-corrected chi connectivity index (χ4v) is 4.26. The Hall–Kier alpha value is -2.19. The summed E-state index contributed by atoms with van der Waals surface area (Å²) in [4.78, 5) is 0.441. The summed E-state index contributed by atoms with van der Waals surface area (Å²) in [5.74, 6) is 0.321. The van der Waals surface area contributed by atoms with E-state index in [0.29, 0.717) is 24.5 Å². The van der Waals surface area contributed by atoms with Crippen molar-refractivity contribution in [1.29, 1.82) is 0 Å². The number of sulfone groups is 1. The minimum absolute atomic E-state index is 0.00520. The second-order valence-corrected chi connectivity index (χ2v) is 7.84. The van der Waals surface area contributed by atoms with Gasteiger partial charge in [0.15, 0.2) is 6.79 Å². The van der Waals surface area contributed by atoms with Crippen molar-refractivity contribution < 1.29 is 27.4 Å². The molecule has 0 saturated carbocycles. The van der Waals surface area contributed by atoms with Gasteiger partial charge in [0.1, 0.15) is 5.76 Å². The summed E-state index contributed by atoms with van der Waals surface area (Å²) in [6.45, 7) is 0.835. The highest BCUT2D eigenvalue weighted by atomic mass is 32.2. The molecule has 1 unspecified atom stereocenters. The number of rotatable bonds is 9. The molecule has 2 aromatic rings. The number of benzene rings is 2. The van der Waals surface area contributed by atoms with Crippen LogP contribution in [0.2, 0.25) is 0 Å². The molecule has 0 radical (unpaired) electrons. The van der Waals surface area contributed by atoms with Gasteiger partial charge in [-0.1, -0.05) is 48.5 Å². The van der Waals surface area contributed by atoms with Gasteiger partial charge in [0, 0.05) is 12.7 Å². The first-order valence-corrected chi connectivity index (χ1v) is 10.0. The standard InChI is InChI=1S/C20H22O6S/c1-23-12-13-24-15-25-19-14-18(20(26-19)16-8-4-2-5-9-16)27(21,22)17-10-6-3-7-11-17/h2-11,19H,12-15H2,1H3. The van der Waals surface area contributed by atoms with Crippen LogP contribution >= 0.6 is 0 Å². The van der Waals surface area contributed by atoms with Crippen LogP contribution in [0, 0.1) is 0 Å². The molecular weight excluding hydrogens is 368 g/mol. The van der Waals surface area contributed by atoms with Crippen molar-refractivity contribution in [2.24, 2.45) is 0 Å². The Bertz CT molecular complexity index is 862. The molecule has 7 heteroatoms. The van der Waals surface area contributed by atoms with Crippen LogP contribution < -0.4 is 0 Å². The molecule has 1 aliphatic heterocycles. The largest absolute Gasteiger partial charge is 0.463 e. The second kappa shape index (κ2) is 9.14. The molecule has 1 heterocycles. The molecule has 0 N–H and O–H groups in total.